The van der Waals surface area contributed by atoms with E-state index >= 15 is 0 Å². The van der Waals surface area contributed by atoms with E-state index in [0.29, 0.717) is 0 Å². The van der Waals surface area contributed by atoms with Crippen LogP contribution < -0.4 is 5.48 Å². The normalized spacial score (nSPS) is 30.2. The number of nitrogens with one attached hydrogen (secondary N) is 1. The van der Waals surface area contributed by atoms with Crippen molar-refractivity contribution >= 4 is 0 Å². The summed E-state index contributed by atoms with van der Waals surface area (Å²) in [4.78, 5) is 0. The monoisotopic (exact) mass is 143 g/mol. The molecule has 58 valence electrons. The third-order valence-corrected chi connectivity index (χ3v) is 1.57. The number of ether oxygens (including phenoxy) is 1. The summed E-state index contributed by atoms with van der Waals surface area (Å²) < 4.78 is 5.01. The molecule has 0 radical (unpaired) electrons. The molecule has 1 heterocycles. The lowest BCUT2D eigenvalue weighted by Crippen LogP contribution is -2.13. The number of hydroxylamine groups is 1. The summed E-state index contributed by atoms with van der Waals surface area (Å²) in [5.41, 5.74) is 3.22. The Balaban J connectivity index is 2.01. The molecule has 1 aliphatic heterocycles. The molecule has 3 heteroatoms. The molecule has 0 saturated carbocycles. The summed E-state index contributed by atoms with van der Waals surface area (Å²) in [6, 6.07) is 0. The summed E-state index contributed by atoms with van der Waals surface area (Å²) in [6.07, 6.45) is 2.00. The van der Waals surface area contributed by atoms with Gasteiger partial charge in [0, 0.05) is 0 Å². The van der Waals surface area contributed by atoms with Crippen molar-refractivity contribution in [3.63, 3.8) is 0 Å². The largest absolute Gasteiger partial charge is 0.351 e. The van der Waals surface area contributed by atoms with Gasteiger partial charge in [0.05, 0.1) is 0 Å². The van der Waals surface area contributed by atoms with Crippen molar-refractivity contribution in [2.45, 2.75) is 32.1 Å². The van der Waals surface area contributed by atoms with Crippen LogP contribution in [0.25, 0.3) is 0 Å². The molecule has 10 heavy (non-hydrogen) atoms. The third-order valence-electron chi connectivity index (χ3n) is 1.57. The Morgan fingerprint density at radius 1 is 1.80 bits per heavy atom. The Bertz CT molecular complexity index is 136. The second-order valence-electron chi connectivity index (χ2n) is 2.72. The van der Waals surface area contributed by atoms with E-state index in [1.54, 1.807) is 0 Å². The van der Waals surface area contributed by atoms with Crippen LogP contribution in [0.1, 0.15) is 19.8 Å². The second-order valence-corrected chi connectivity index (χ2v) is 2.72. The van der Waals surface area contributed by atoms with Crippen molar-refractivity contribution in [3.05, 3.63) is 12.2 Å². The summed E-state index contributed by atoms with van der Waals surface area (Å²) >= 11 is 0. The zero-order valence-corrected chi connectivity index (χ0v) is 6.13. The zero-order valence-electron chi connectivity index (χ0n) is 6.13. The molecule has 2 atom stereocenters. The molecule has 3 nitrogen and oxygen atoms in total. The Labute approximate surface area is 60.6 Å². The number of allylic oxidation sites excluding steroid dienone is 1. The maximum atomic E-state index is 8.34. The van der Waals surface area contributed by atoms with E-state index in [2.05, 4.69) is 12.1 Å². The molecule has 2 N–H and O–H groups in total. The molecule has 0 aromatic heterocycles. The van der Waals surface area contributed by atoms with Gasteiger partial charge < -0.3 is 9.94 Å². The van der Waals surface area contributed by atoms with Gasteiger partial charge in [0.25, 0.3) is 0 Å². The van der Waals surface area contributed by atoms with Gasteiger partial charge in [0.1, 0.15) is 6.10 Å². The van der Waals surface area contributed by atoms with E-state index in [1.165, 1.54) is 0 Å². The highest BCUT2D eigenvalue weighted by molar-refractivity contribution is 4.91. The quantitative estimate of drug-likeness (QED) is 0.351. The van der Waals surface area contributed by atoms with E-state index in [0.717, 1.165) is 18.4 Å². The fourth-order valence-electron chi connectivity index (χ4n) is 0.865. The van der Waals surface area contributed by atoms with Gasteiger partial charge in [-0.2, -0.15) is 5.48 Å². The molecular formula is C7H13NO2. The van der Waals surface area contributed by atoms with Crippen molar-refractivity contribution < 1.29 is 9.94 Å². The number of epoxide rings is 1. The molecule has 1 saturated heterocycles. The molecule has 0 spiro atoms. The third kappa shape index (κ3) is 2.10. The van der Waals surface area contributed by atoms with Gasteiger partial charge in [-0.3, -0.25) is 0 Å². The minimum Gasteiger partial charge on any atom is -0.351 e. The van der Waals surface area contributed by atoms with Crippen molar-refractivity contribution in [1.29, 1.82) is 0 Å². The minimum absolute atomic E-state index is 0.126. The molecule has 0 aromatic carbocycles. The van der Waals surface area contributed by atoms with E-state index < -0.39 is 0 Å². The van der Waals surface area contributed by atoms with Gasteiger partial charge in [-0.25, -0.2) is 0 Å². The first-order valence-corrected chi connectivity index (χ1v) is 3.43. The van der Waals surface area contributed by atoms with Crippen LogP contribution in [0.5, 0.6) is 0 Å². The average Bonchev–Trinajstić information content (AvgIpc) is 2.61. The van der Waals surface area contributed by atoms with Crippen LogP contribution in [0.4, 0.5) is 0 Å². The molecular weight excluding hydrogens is 130 g/mol. The highest BCUT2D eigenvalue weighted by Gasteiger charge is 2.37. The minimum atomic E-state index is -0.126. The first kappa shape index (κ1) is 7.72. The second kappa shape index (κ2) is 3.14. The number of hydrogen-bond acceptors (Lipinski definition) is 3. The van der Waals surface area contributed by atoms with Crippen LogP contribution >= 0.6 is 0 Å². The highest BCUT2D eigenvalue weighted by Crippen LogP contribution is 2.24. The Morgan fingerprint density at radius 2 is 2.50 bits per heavy atom. The highest BCUT2D eigenvalue weighted by atomic mass is 16.7. The standard InChI is InChI=1S/C7H13NO2/c1-5(2)3-4-6-7(8-9)10-6/h6-9H,1,3-4H2,2H3. The van der Waals surface area contributed by atoms with Gasteiger partial charge in [-0.15, -0.1) is 6.58 Å². The molecule has 0 amide bonds. The summed E-state index contributed by atoms with van der Waals surface area (Å²) in [5.74, 6) is 0. The van der Waals surface area contributed by atoms with E-state index in [1.807, 2.05) is 6.92 Å². The molecule has 0 aliphatic carbocycles. The molecule has 1 fully saturated rings. The fourth-order valence-corrected chi connectivity index (χ4v) is 0.865. The Kier molecular flexibility index (Phi) is 2.43. The van der Waals surface area contributed by atoms with Gasteiger partial charge in [0.2, 0.25) is 0 Å². The Hall–Kier alpha value is -0.380. The predicted octanol–water partition coefficient (Wildman–Crippen LogP) is 1.05. The van der Waals surface area contributed by atoms with Crippen molar-refractivity contribution in [1.82, 2.24) is 5.48 Å². The lowest BCUT2D eigenvalue weighted by molar-refractivity contribution is 0.119. The number of hydrogen-bond donors (Lipinski definition) is 2. The number of rotatable bonds is 4. The van der Waals surface area contributed by atoms with E-state index in [-0.39, 0.29) is 12.3 Å². The molecule has 1 aliphatic rings. The van der Waals surface area contributed by atoms with Crippen molar-refractivity contribution in [2.24, 2.45) is 0 Å². The van der Waals surface area contributed by atoms with Gasteiger partial charge in [-0.1, -0.05) is 5.57 Å². The molecule has 1 rings (SSSR count). The van der Waals surface area contributed by atoms with Crippen LogP contribution in [0.3, 0.4) is 0 Å². The molecule has 0 aromatic rings. The average molecular weight is 143 g/mol. The lowest BCUT2D eigenvalue weighted by atomic mass is 10.1. The van der Waals surface area contributed by atoms with Crippen LogP contribution in [-0.4, -0.2) is 17.5 Å². The zero-order chi connectivity index (χ0) is 7.56. The molecule has 2 unspecified atom stereocenters. The van der Waals surface area contributed by atoms with Crippen LogP contribution in [0.15, 0.2) is 12.2 Å². The van der Waals surface area contributed by atoms with Gasteiger partial charge in [0.15, 0.2) is 6.23 Å². The van der Waals surface area contributed by atoms with E-state index in [4.69, 9.17) is 9.94 Å². The Morgan fingerprint density at radius 3 is 2.90 bits per heavy atom. The van der Waals surface area contributed by atoms with Gasteiger partial charge in [-0.05, 0) is 19.8 Å². The fraction of sp³-hybridized carbons (Fsp3) is 0.714. The predicted molar refractivity (Wildman–Crippen MR) is 37.6 cm³/mol. The van der Waals surface area contributed by atoms with Crippen molar-refractivity contribution in [2.75, 3.05) is 0 Å². The summed E-state index contributed by atoms with van der Waals surface area (Å²) in [6.45, 7) is 5.76. The SMILES string of the molecule is C=C(C)CCC1OC1NO. The smallest absolute Gasteiger partial charge is 0.156 e. The van der Waals surface area contributed by atoms with Crippen LogP contribution in [0, 0.1) is 0 Å². The first-order valence-electron chi connectivity index (χ1n) is 3.43. The first-order chi connectivity index (χ1) is 4.74. The van der Waals surface area contributed by atoms with Crippen LogP contribution in [-0.2, 0) is 4.74 Å². The maximum Gasteiger partial charge on any atom is 0.156 e. The topological polar surface area (TPSA) is 44.8 Å². The van der Waals surface area contributed by atoms with Crippen molar-refractivity contribution in [3.8, 4) is 0 Å². The van der Waals surface area contributed by atoms with Crippen LogP contribution in [0.2, 0.25) is 0 Å². The lowest BCUT2D eigenvalue weighted by Gasteiger charge is -1.93. The summed E-state index contributed by atoms with van der Waals surface area (Å²) in [5, 5.41) is 8.34. The van der Waals surface area contributed by atoms with Gasteiger partial charge >= 0.3 is 0 Å². The van der Waals surface area contributed by atoms with E-state index in [9.17, 15) is 0 Å². The maximum absolute atomic E-state index is 8.34. The summed E-state index contributed by atoms with van der Waals surface area (Å²) in [7, 11) is 0. The molecule has 0 bridgehead atoms.